The lowest BCUT2D eigenvalue weighted by atomic mass is 10.1. The van der Waals surface area contributed by atoms with Gasteiger partial charge in [0.1, 0.15) is 0 Å². The van der Waals surface area contributed by atoms with E-state index in [2.05, 4.69) is 9.62 Å². The molecule has 1 aliphatic heterocycles. The topological polar surface area (TPSA) is 58.6 Å². The van der Waals surface area contributed by atoms with Crippen molar-refractivity contribution in [3.8, 4) is 0 Å². The SMILES string of the molecule is O=S(=O)(NCc1ccc(N2CCOCC2)cc1)c1ccc2ccccc2c1. The van der Waals surface area contributed by atoms with Crippen molar-refractivity contribution in [2.24, 2.45) is 0 Å². The summed E-state index contributed by atoms with van der Waals surface area (Å²) in [7, 11) is -3.56. The first-order valence-electron chi connectivity index (χ1n) is 9.02. The highest BCUT2D eigenvalue weighted by Gasteiger charge is 2.15. The van der Waals surface area contributed by atoms with Gasteiger partial charge in [-0.15, -0.1) is 0 Å². The lowest BCUT2D eigenvalue weighted by Crippen LogP contribution is -2.36. The zero-order valence-corrected chi connectivity index (χ0v) is 15.8. The summed E-state index contributed by atoms with van der Waals surface area (Å²) in [5.41, 5.74) is 2.07. The molecule has 1 heterocycles. The summed E-state index contributed by atoms with van der Waals surface area (Å²) in [6.07, 6.45) is 0. The Labute approximate surface area is 159 Å². The van der Waals surface area contributed by atoms with E-state index in [1.54, 1.807) is 12.1 Å². The maximum absolute atomic E-state index is 12.6. The highest BCUT2D eigenvalue weighted by molar-refractivity contribution is 7.89. The Hall–Kier alpha value is -2.41. The first kappa shape index (κ1) is 18.0. The number of anilines is 1. The number of sulfonamides is 1. The zero-order chi connectivity index (χ0) is 18.7. The van der Waals surface area contributed by atoms with E-state index < -0.39 is 10.0 Å². The van der Waals surface area contributed by atoms with Crippen LogP contribution < -0.4 is 9.62 Å². The molecule has 0 spiro atoms. The molecule has 0 unspecified atom stereocenters. The molecule has 0 amide bonds. The second-order valence-corrected chi connectivity index (χ2v) is 8.37. The Morgan fingerprint density at radius 1 is 0.889 bits per heavy atom. The molecule has 0 atom stereocenters. The molecule has 1 N–H and O–H groups in total. The summed E-state index contributed by atoms with van der Waals surface area (Å²) in [5.74, 6) is 0. The van der Waals surface area contributed by atoms with Crippen LogP contribution in [-0.4, -0.2) is 34.7 Å². The summed E-state index contributed by atoms with van der Waals surface area (Å²) < 4.78 is 33.3. The third-order valence-corrected chi connectivity index (χ3v) is 6.21. The lowest BCUT2D eigenvalue weighted by Gasteiger charge is -2.28. The van der Waals surface area contributed by atoms with E-state index in [1.165, 1.54) is 0 Å². The summed E-state index contributed by atoms with van der Waals surface area (Å²) in [4.78, 5) is 2.55. The molecule has 1 saturated heterocycles. The van der Waals surface area contributed by atoms with Crippen molar-refractivity contribution >= 4 is 26.5 Å². The van der Waals surface area contributed by atoms with Gasteiger partial charge in [-0.3, -0.25) is 0 Å². The standard InChI is InChI=1S/C21H22N2O3S/c24-27(25,21-10-7-18-3-1-2-4-19(18)15-21)22-16-17-5-8-20(9-6-17)23-11-13-26-14-12-23/h1-10,15,22H,11-14,16H2. The largest absolute Gasteiger partial charge is 0.378 e. The van der Waals surface area contributed by atoms with Crippen LogP contribution in [0.25, 0.3) is 10.8 Å². The normalized spacial score (nSPS) is 15.2. The predicted octanol–water partition coefficient (Wildman–Crippen LogP) is 3.15. The van der Waals surface area contributed by atoms with Crippen molar-refractivity contribution in [2.75, 3.05) is 31.2 Å². The monoisotopic (exact) mass is 382 g/mol. The highest BCUT2D eigenvalue weighted by atomic mass is 32.2. The van der Waals surface area contributed by atoms with Crippen molar-refractivity contribution in [2.45, 2.75) is 11.4 Å². The molecule has 0 bridgehead atoms. The minimum absolute atomic E-state index is 0.262. The van der Waals surface area contributed by atoms with Gasteiger partial charge in [-0.25, -0.2) is 13.1 Å². The fourth-order valence-corrected chi connectivity index (χ4v) is 4.30. The average Bonchev–Trinajstić information content (AvgIpc) is 2.73. The molecule has 140 valence electrons. The van der Waals surface area contributed by atoms with Crippen LogP contribution in [0, 0.1) is 0 Å². The fraction of sp³-hybridized carbons (Fsp3) is 0.238. The van der Waals surface area contributed by atoms with Gasteiger partial charge in [-0.1, -0.05) is 42.5 Å². The lowest BCUT2D eigenvalue weighted by molar-refractivity contribution is 0.122. The van der Waals surface area contributed by atoms with Crippen molar-refractivity contribution in [1.29, 1.82) is 0 Å². The van der Waals surface area contributed by atoms with Gasteiger partial charge in [0.2, 0.25) is 10.0 Å². The number of rotatable bonds is 5. The van der Waals surface area contributed by atoms with Crippen LogP contribution in [0.2, 0.25) is 0 Å². The number of morpholine rings is 1. The Balaban J connectivity index is 1.45. The third-order valence-electron chi connectivity index (χ3n) is 4.81. The van der Waals surface area contributed by atoms with Crippen LogP contribution in [-0.2, 0) is 21.3 Å². The van der Waals surface area contributed by atoms with Gasteiger partial charge in [-0.05, 0) is 40.6 Å². The molecular weight excluding hydrogens is 360 g/mol. The van der Waals surface area contributed by atoms with Gasteiger partial charge >= 0.3 is 0 Å². The van der Waals surface area contributed by atoms with Gasteiger partial charge < -0.3 is 9.64 Å². The van der Waals surface area contributed by atoms with Crippen LogP contribution in [0.15, 0.2) is 71.6 Å². The summed E-state index contributed by atoms with van der Waals surface area (Å²) >= 11 is 0. The molecule has 1 aliphatic rings. The number of fused-ring (bicyclic) bond motifs is 1. The molecule has 0 radical (unpaired) electrons. The fourth-order valence-electron chi connectivity index (χ4n) is 3.24. The minimum atomic E-state index is -3.56. The Morgan fingerprint density at radius 3 is 2.33 bits per heavy atom. The smallest absolute Gasteiger partial charge is 0.240 e. The van der Waals surface area contributed by atoms with Crippen molar-refractivity contribution in [1.82, 2.24) is 4.72 Å². The molecule has 1 fully saturated rings. The van der Waals surface area contributed by atoms with Crippen LogP contribution in [0.4, 0.5) is 5.69 Å². The van der Waals surface area contributed by atoms with Crippen LogP contribution >= 0.6 is 0 Å². The number of benzene rings is 3. The molecule has 6 heteroatoms. The Kier molecular flexibility index (Phi) is 5.11. The molecule has 0 saturated carbocycles. The number of nitrogens with one attached hydrogen (secondary N) is 1. The maximum atomic E-state index is 12.6. The van der Waals surface area contributed by atoms with Gasteiger partial charge in [0.25, 0.3) is 0 Å². The second-order valence-electron chi connectivity index (χ2n) is 6.60. The molecular formula is C21H22N2O3S. The molecule has 3 aromatic carbocycles. The quantitative estimate of drug-likeness (QED) is 0.736. The number of ether oxygens (including phenoxy) is 1. The summed E-state index contributed by atoms with van der Waals surface area (Å²) in [6.45, 7) is 3.51. The molecule has 5 nitrogen and oxygen atoms in total. The van der Waals surface area contributed by atoms with E-state index >= 15 is 0 Å². The maximum Gasteiger partial charge on any atom is 0.240 e. The number of hydrogen-bond donors (Lipinski definition) is 1. The summed E-state index contributed by atoms with van der Waals surface area (Å²) in [5, 5.41) is 1.94. The zero-order valence-electron chi connectivity index (χ0n) is 15.0. The van der Waals surface area contributed by atoms with E-state index in [9.17, 15) is 8.42 Å². The van der Waals surface area contributed by atoms with Crippen LogP contribution in [0.5, 0.6) is 0 Å². The van der Waals surface area contributed by atoms with E-state index in [0.29, 0.717) is 0 Å². The van der Waals surface area contributed by atoms with Gasteiger partial charge in [0.05, 0.1) is 18.1 Å². The van der Waals surface area contributed by atoms with Crippen molar-refractivity contribution in [3.63, 3.8) is 0 Å². The molecule has 4 rings (SSSR count). The molecule has 0 aliphatic carbocycles. The molecule has 27 heavy (non-hydrogen) atoms. The Morgan fingerprint density at radius 2 is 1.59 bits per heavy atom. The van der Waals surface area contributed by atoms with Gasteiger partial charge in [0, 0.05) is 25.3 Å². The Bertz CT molecular complexity index is 1030. The minimum Gasteiger partial charge on any atom is -0.378 e. The number of nitrogens with zero attached hydrogens (tertiary/aromatic N) is 1. The van der Waals surface area contributed by atoms with Crippen molar-refractivity contribution in [3.05, 3.63) is 72.3 Å². The van der Waals surface area contributed by atoms with E-state index in [1.807, 2.05) is 54.6 Å². The van der Waals surface area contributed by atoms with Crippen LogP contribution in [0.1, 0.15) is 5.56 Å². The van der Waals surface area contributed by atoms with E-state index in [4.69, 9.17) is 4.74 Å². The molecule has 3 aromatic rings. The number of hydrogen-bond acceptors (Lipinski definition) is 4. The van der Waals surface area contributed by atoms with Crippen molar-refractivity contribution < 1.29 is 13.2 Å². The third kappa shape index (κ3) is 4.13. The van der Waals surface area contributed by atoms with E-state index in [-0.39, 0.29) is 11.4 Å². The highest BCUT2D eigenvalue weighted by Crippen LogP contribution is 2.20. The van der Waals surface area contributed by atoms with Gasteiger partial charge in [0.15, 0.2) is 0 Å². The van der Waals surface area contributed by atoms with Gasteiger partial charge in [-0.2, -0.15) is 0 Å². The average molecular weight is 382 g/mol. The summed E-state index contributed by atoms with van der Waals surface area (Å²) in [6, 6.07) is 20.9. The molecule has 0 aromatic heterocycles. The predicted molar refractivity (Wildman–Crippen MR) is 107 cm³/mol. The van der Waals surface area contributed by atoms with E-state index in [0.717, 1.165) is 48.3 Å². The second kappa shape index (κ2) is 7.68. The van der Waals surface area contributed by atoms with Crippen LogP contribution in [0.3, 0.4) is 0 Å². The first-order valence-corrected chi connectivity index (χ1v) is 10.5. The first-order chi connectivity index (χ1) is 13.1.